The number of rotatable bonds is 3. The van der Waals surface area contributed by atoms with Gasteiger partial charge in [0, 0.05) is 19.0 Å². The normalized spacial score (nSPS) is 18.6. The Kier molecular flexibility index (Phi) is 6.14. The van der Waals surface area contributed by atoms with Gasteiger partial charge in [-0.3, -0.25) is 4.79 Å². The average molecular weight is 353 g/mol. The molecule has 1 aliphatic heterocycles. The smallest absolute Gasteiger partial charge is 0.410 e. The first kappa shape index (κ1) is 19.3. The molecule has 1 aliphatic rings. The van der Waals surface area contributed by atoms with E-state index < -0.39 is 29.1 Å². The van der Waals surface area contributed by atoms with Crippen LogP contribution < -0.4 is 0 Å². The number of hydrogen-bond acceptors (Lipinski definition) is 3. The molecular weight excluding hydrogens is 328 g/mol. The predicted octanol–water partition coefficient (Wildman–Crippen LogP) is 4.72. The van der Waals surface area contributed by atoms with Gasteiger partial charge >= 0.3 is 6.09 Å². The van der Waals surface area contributed by atoms with Gasteiger partial charge in [-0.25, -0.2) is 13.6 Å². The number of nitrogens with zero attached hydrogens (tertiary/aromatic N) is 1. The zero-order chi connectivity index (χ0) is 18.6. The highest BCUT2D eigenvalue weighted by Crippen LogP contribution is 2.24. The molecule has 1 aromatic carbocycles. The van der Waals surface area contributed by atoms with E-state index in [1.165, 1.54) is 12.1 Å². The molecule has 2 rings (SSSR count). The van der Waals surface area contributed by atoms with Crippen LogP contribution in [0.3, 0.4) is 0 Å². The van der Waals surface area contributed by atoms with Crippen LogP contribution in [-0.2, 0) is 4.74 Å². The summed E-state index contributed by atoms with van der Waals surface area (Å²) >= 11 is 0. The molecule has 1 heterocycles. The van der Waals surface area contributed by atoms with Crippen molar-refractivity contribution in [2.75, 3.05) is 6.54 Å². The second-order valence-corrected chi connectivity index (χ2v) is 7.41. The van der Waals surface area contributed by atoms with Crippen LogP contribution in [0.1, 0.15) is 63.2 Å². The summed E-state index contributed by atoms with van der Waals surface area (Å²) in [6.45, 7) is 5.85. The summed E-state index contributed by atoms with van der Waals surface area (Å²) in [7, 11) is 0. The van der Waals surface area contributed by atoms with Crippen LogP contribution >= 0.6 is 0 Å². The van der Waals surface area contributed by atoms with Crippen molar-refractivity contribution in [3.63, 3.8) is 0 Å². The predicted molar refractivity (Wildman–Crippen MR) is 90.5 cm³/mol. The van der Waals surface area contributed by atoms with E-state index in [1.54, 1.807) is 25.7 Å². The fraction of sp³-hybridized carbons (Fsp3) is 0.579. The van der Waals surface area contributed by atoms with Gasteiger partial charge in [-0.2, -0.15) is 0 Å². The van der Waals surface area contributed by atoms with Crippen molar-refractivity contribution >= 4 is 11.9 Å². The molecule has 0 N–H and O–H groups in total. The number of amides is 1. The van der Waals surface area contributed by atoms with E-state index in [2.05, 4.69) is 0 Å². The van der Waals surface area contributed by atoms with Gasteiger partial charge in [0.25, 0.3) is 0 Å². The monoisotopic (exact) mass is 353 g/mol. The largest absolute Gasteiger partial charge is 0.444 e. The maximum Gasteiger partial charge on any atom is 0.410 e. The lowest BCUT2D eigenvalue weighted by Gasteiger charge is -2.32. The van der Waals surface area contributed by atoms with Crippen LogP contribution in [0.15, 0.2) is 18.2 Å². The summed E-state index contributed by atoms with van der Waals surface area (Å²) < 4.78 is 32.7. The van der Waals surface area contributed by atoms with Gasteiger partial charge in [0.05, 0.1) is 5.56 Å². The minimum Gasteiger partial charge on any atom is -0.444 e. The lowest BCUT2D eigenvalue weighted by molar-refractivity contribution is 0.0162. The van der Waals surface area contributed by atoms with E-state index in [9.17, 15) is 18.4 Å². The zero-order valence-corrected chi connectivity index (χ0v) is 15.0. The zero-order valence-electron chi connectivity index (χ0n) is 15.0. The van der Waals surface area contributed by atoms with Crippen molar-refractivity contribution < 1.29 is 23.1 Å². The molecule has 1 unspecified atom stereocenters. The van der Waals surface area contributed by atoms with Crippen molar-refractivity contribution in [2.45, 2.75) is 64.5 Å². The average Bonchev–Trinajstić information content (AvgIpc) is 2.73. The fourth-order valence-corrected chi connectivity index (χ4v) is 2.99. The molecule has 0 bridgehead atoms. The molecule has 1 fully saturated rings. The minimum atomic E-state index is -1.13. The first-order chi connectivity index (χ1) is 11.7. The number of Topliss-reactive ketones (excluding diaryl/α,β-unsaturated/α-hetero) is 1. The number of carbonyl (C=O) groups excluding carboxylic acids is 2. The van der Waals surface area contributed by atoms with E-state index >= 15 is 0 Å². The first-order valence-corrected chi connectivity index (χ1v) is 8.66. The number of halogens is 2. The number of carbonyl (C=O) groups is 2. The quantitative estimate of drug-likeness (QED) is 0.739. The molecule has 0 aliphatic carbocycles. The van der Waals surface area contributed by atoms with Crippen molar-refractivity contribution in [3.05, 3.63) is 35.4 Å². The van der Waals surface area contributed by atoms with Crippen molar-refractivity contribution in [1.29, 1.82) is 0 Å². The number of ketones is 1. The van der Waals surface area contributed by atoms with Gasteiger partial charge in [-0.15, -0.1) is 0 Å². The number of hydrogen-bond donors (Lipinski definition) is 0. The standard InChI is InChI=1S/C19H25F2NO3/c1-19(2,3)25-18(24)22-11-6-4-5-8-13(22)12-16(23)14-9-7-10-15(20)17(14)21/h7,9-10,13H,4-6,8,11-12H2,1-3H3. The van der Waals surface area contributed by atoms with E-state index in [0.29, 0.717) is 13.0 Å². The summed E-state index contributed by atoms with van der Waals surface area (Å²) in [5.41, 5.74) is -0.902. The van der Waals surface area contributed by atoms with E-state index in [0.717, 1.165) is 25.3 Å². The van der Waals surface area contributed by atoms with Crippen LogP contribution in [-0.4, -0.2) is 35.0 Å². The van der Waals surface area contributed by atoms with E-state index in [1.807, 2.05) is 0 Å². The Morgan fingerprint density at radius 1 is 1.20 bits per heavy atom. The van der Waals surface area contributed by atoms with Crippen LogP contribution in [0.4, 0.5) is 13.6 Å². The molecule has 6 heteroatoms. The van der Waals surface area contributed by atoms with Crippen molar-refractivity contribution in [3.8, 4) is 0 Å². The lowest BCUT2D eigenvalue weighted by atomic mass is 9.99. The highest BCUT2D eigenvalue weighted by atomic mass is 19.2. The second kappa shape index (κ2) is 7.93. The fourth-order valence-electron chi connectivity index (χ4n) is 2.99. The Labute approximate surface area is 147 Å². The molecule has 1 atom stereocenters. The van der Waals surface area contributed by atoms with Gasteiger partial charge in [0.15, 0.2) is 17.4 Å². The summed E-state index contributed by atoms with van der Waals surface area (Å²) in [6.07, 6.45) is 2.80. The van der Waals surface area contributed by atoms with Crippen LogP contribution in [0.25, 0.3) is 0 Å². The summed E-state index contributed by atoms with van der Waals surface area (Å²) in [5.74, 6) is -2.68. The number of ether oxygens (including phenoxy) is 1. The Hall–Kier alpha value is -1.98. The third kappa shape index (κ3) is 5.25. The molecule has 4 nitrogen and oxygen atoms in total. The first-order valence-electron chi connectivity index (χ1n) is 8.66. The molecule has 138 valence electrons. The molecule has 0 aromatic heterocycles. The third-order valence-corrected chi connectivity index (χ3v) is 4.18. The topological polar surface area (TPSA) is 46.6 Å². The number of likely N-dealkylation sites (tertiary alicyclic amines) is 1. The molecule has 0 spiro atoms. The SMILES string of the molecule is CC(C)(C)OC(=O)N1CCCCCC1CC(=O)c1cccc(F)c1F. The number of benzene rings is 1. The van der Waals surface area contributed by atoms with Gasteiger partial charge in [-0.1, -0.05) is 18.9 Å². The van der Waals surface area contributed by atoms with E-state index in [-0.39, 0.29) is 18.0 Å². The van der Waals surface area contributed by atoms with Crippen LogP contribution in [0.5, 0.6) is 0 Å². The van der Waals surface area contributed by atoms with Gasteiger partial charge in [0.1, 0.15) is 5.60 Å². The highest BCUT2D eigenvalue weighted by molar-refractivity contribution is 5.96. The third-order valence-electron chi connectivity index (χ3n) is 4.18. The van der Waals surface area contributed by atoms with E-state index in [4.69, 9.17) is 4.74 Å². The van der Waals surface area contributed by atoms with Crippen LogP contribution in [0, 0.1) is 11.6 Å². The molecule has 0 saturated carbocycles. The molecule has 25 heavy (non-hydrogen) atoms. The van der Waals surface area contributed by atoms with Gasteiger partial charge in [0.2, 0.25) is 0 Å². The van der Waals surface area contributed by atoms with Gasteiger partial charge in [-0.05, 0) is 45.7 Å². The Bertz CT molecular complexity index is 640. The molecule has 0 radical (unpaired) electrons. The summed E-state index contributed by atoms with van der Waals surface area (Å²) in [6, 6.07) is 3.19. The Morgan fingerprint density at radius 3 is 2.60 bits per heavy atom. The van der Waals surface area contributed by atoms with Crippen molar-refractivity contribution in [1.82, 2.24) is 4.90 Å². The van der Waals surface area contributed by atoms with Gasteiger partial charge < -0.3 is 9.64 Å². The lowest BCUT2D eigenvalue weighted by Crippen LogP contribution is -2.44. The minimum absolute atomic E-state index is 0.0420. The molecule has 1 saturated heterocycles. The maximum atomic E-state index is 13.9. The maximum absolute atomic E-state index is 13.9. The highest BCUT2D eigenvalue weighted by Gasteiger charge is 2.31. The Balaban J connectivity index is 2.16. The second-order valence-electron chi connectivity index (χ2n) is 7.41. The summed E-state index contributed by atoms with van der Waals surface area (Å²) in [5, 5.41) is 0. The summed E-state index contributed by atoms with van der Waals surface area (Å²) in [4.78, 5) is 26.5. The Morgan fingerprint density at radius 2 is 1.92 bits per heavy atom. The molecular formula is C19H25F2NO3. The molecule has 1 aromatic rings. The molecule has 1 amide bonds. The van der Waals surface area contributed by atoms with Crippen LogP contribution in [0.2, 0.25) is 0 Å². The van der Waals surface area contributed by atoms with Crippen molar-refractivity contribution in [2.24, 2.45) is 0 Å².